The summed E-state index contributed by atoms with van der Waals surface area (Å²) in [5, 5.41) is 7.70. The second kappa shape index (κ2) is 8.93. The summed E-state index contributed by atoms with van der Waals surface area (Å²) < 4.78 is 50.3. The third-order valence-electron chi connectivity index (χ3n) is 5.06. The van der Waals surface area contributed by atoms with Crippen LogP contribution in [0.2, 0.25) is 0 Å². The van der Waals surface area contributed by atoms with Crippen molar-refractivity contribution in [2.45, 2.75) is 9.79 Å². The van der Waals surface area contributed by atoms with E-state index in [1.807, 2.05) is 11.9 Å². The van der Waals surface area contributed by atoms with Gasteiger partial charge in [0.15, 0.2) is 0 Å². The number of nitrogens with zero attached hydrogens (tertiary/aromatic N) is 2. The molecule has 10 nitrogen and oxygen atoms in total. The topological polar surface area (TPSA) is 142 Å². The second-order valence-electron chi connectivity index (χ2n) is 7.20. The van der Waals surface area contributed by atoms with Gasteiger partial charge in [0, 0.05) is 37.4 Å². The molecule has 3 rings (SSSR count). The maximum absolute atomic E-state index is 12.7. The summed E-state index contributed by atoms with van der Waals surface area (Å²) in [6.07, 6.45) is 0. The van der Waals surface area contributed by atoms with Gasteiger partial charge in [-0.25, -0.2) is 26.7 Å². The van der Waals surface area contributed by atoms with E-state index in [-0.39, 0.29) is 15.4 Å². The zero-order valence-corrected chi connectivity index (χ0v) is 18.8. The molecule has 31 heavy (non-hydrogen) atoms. The monoisotopic (exact) mass is 467 g/mol. The van der Waals surface area contributed by atoms with Gasteiger partial charge < -0.3 is 15.1 Å². The predicted octanol–water partition coefficient (Wildman–Crippen LogP) is 0.246. The lowest BCUT2D eigenvalue weighted by Crippen LogP contribution is -2.45. The number of carbonyl (C=O) groups excluding carboxylic acids is 1. The van der Waals surface area contributed by atoms with Crippen LogP contribution in [0, 0.1) is 0 Å². The first-order chi connectivity index (χ1) is 14.5. The Morgan fingerprint density at radius 3 is 2.13 bits per heavy atom. The molecule has 4 N–H and O–H groups in total. The molecule has 1 aliphatic rings. The summed E-state index contributed by atoms with van der Waals surface area (Å²) in [7, 11) is -4.32. The van der Waals surface area contributed by atoms with Gasteiger partial charge >= 0.3 is 0 Å². The van der Waals surface area contributed by atoms with Gasteiger partial charge in [-0.3, -0.25) is 4.79 Å². The molecule has 0 radical (unpaired) electrons. The highest BCUT2D eigenvalue weighted by Crippen LogP contribution is 2.28. The highest BCUT2D eigenvalue weighted by atomic mass is 32.2. The maximum atomic E-state index is 12.7. The van der Waals surface area contributed by atoms with Crippen molar-refractivity contribution in [3.05, 3.63) is 48.0 Å². The summed E-state index contributed by atoms with van der Waals surface area (Å²) in [6, 6.07) is 9.90. The number of likely N-dealkylation sites (N-methyl/N-ethyl adjacent to an activating group) is 1. The normalized spacial score (nSPS) is 15.6. The minimum absolute atomic E-state index is 0.0248. The molecule has 1 amide bonds. The zero-order valence-electron chi connectivity index (χ0n) is 17.2. The van der Waals surface area contributed by atoms with E-state index in [0.29, 0.717) is 24.5 Å². The number of hydrogen-bond donors (Lipinski definition) is 3. The lowest BCUT2D eigenvalue weighted by Gasteiger charge is -2.35. The van der Waals surface area contributed by atoms with Crippen LogP contribution in [-0.4, -0.2) is 67.9 Å². The summed E-state index contributed by atoms with van der Waals surface area (Å²) in [4.78, 5) is 16.8. The number of sulfonamides is 2. The molecular formula is C19H25N5O5S2. The third kappa shape index (κ3) is 5.40. The van der Waals surface area contributed by atoms with Crippen LogP contribution >= 0.6 is 0 Å². The number of piperazine rings is 1. The summed E-state index contributed by atoms with van der Waals surface area (Å²) in [5.41, 5.74) is 1.04. The molecule has 2 aromatic rings. The average Bonchev–Trinajstić information content (AvgIpc) is 2.73. The molecular weight excluding hydrogens is 442 g/mol. The maximum Gasteiger partial charge on any atom is 0.255 e. The predicted molar refractivity (Wildman–Crippen MR) is 118 cm³/mol. The standard InChI is InChI=1S/C19H25N5O5S2/c1-21-31(28,29)18-13-14(3-8-17(18)24-11-9-23(2)10-12-24)19(25)22-15-4-6-16(7-5-15)30(20,26)27/h3-8,13,21H,9-12H2,1-2H3,(H,22,25)(H2,20,26,27). The molecule has 0 atom stereocenters. The van der Waals surface area contributed by atoms with Gasteiger partial charge in [0.2, 0.25) is 20.0 Å². The van der Waals surface area contributed by atoms with E-state index in [9.17, 15) is 21.6 Å². The van der Waals surface area contributed by atoms with Gasteiger partial charge in [-0.05, 0) is 56.6 Å². The van der Waals surface area contributed by atoms with E-state index in [1.165, 1.54) is 37.4 Å². The van der Waals surface area contributed by atoms with Gasteiger partial charge in [-0.2, -0.15) is 0 Å². The lowest BCUT2D eigenvalue weighted by molar-refractivity contribution is 0.102. The minimum atomic E-state index is -3.84. The number of hydrogen-bond acceptors (Lipinski definition) is 7. The largest absolute Gasteiger partial charge is 0.368 e. The first-order valence-corrected chi connectivity index (χ1v) is 12.5. The van der Waals surface area contributed by atoms with Crippen molar-refractivity contribution in [2.24, 2.45) is 5.14 Å². The Kier molecular flexibility index (Phi) is 6.67. The number of rotatable bonds is 6. The Bertz CT molecular complexity index is 1170. The zero-order chi connectivity index (χ0) is 22.8. The number of benzene rings is 2. The van der Waals surface area contributed by atoms with Crippen molar-refractivity contribution >= 4 is 37.3 Å². The molecule has 2 aromatic carbocycles. The van der Waals surface area contributed by atoms with Crippen LogP contribution in [0.5, 0.6) is 0 Å². The van der Waals surface area contributed by atoms with E-state index in [0.717, 1.165) is 13.1 Å². The van der Waals surface area contributed by atoms with Crippen LogP contribution in [0.4, 0.5) is 11.4 Å². The molecule has 168 valence electrons. The fourth-order valence-corrected chi connectivity index (χ4v) is 4.71. The number of nitrogens with one attached hydrogen (secondary N) is 2. The Labute approximate surface area is 182 Å². The Balaban J connectivity index is 1.89. The van der Waals surface area contributed by atoms with Crippen molar-refractivity contribution in [1.29, 1.82) is 0 Å². The first kappa shape index (κ1) is 23.2. The highest BCUT2D eigenvalue weighted by molar-refractivity contribution is 7.89. The number of primary sulfonamides is 1. The number of amides is 1. The van der Waals surface area contributed by atoms with Crippen LogP contribution in [0.1, 0.15) is 10.4 Å². The third-order valence-corrected chi connectivity index (χ3v) is 7.44. The van der Waals surface area contributed by atoms with Crippen LogP contribution in [0.25, 0.3) is 0 Å². The van der Waals surface area contributed by atoms with E-state index in [1.54, 1.807) is 12.1 Å². The molecule has 0 aromatic heterocycles. The molecule has 0 aliphatic carbocycles. The van der Waals surface area contributed by atoms with Gasteiger partial charge in [-0.1, -0.05) is 0 Å². The SMILES string of the molecule is CNS(=O)(=O)c1cc(C(=O)Nc2ccc(S(N)(=O)=O)cc2)ccc1N1CCN(C)CC1. The van der Waals surface area contributed by atoms with Crippen LogP contribution in [0.3, 0.4) is 0 Å². The quantitative estimate of drug-likeness (QED) is 0.553. The minimum Gasteiger partial charge on any atom is -0.368 e. The lowest BCUT2D eigenvalue weighted by atomic mass is 10.1. The molecule has 0 spiro atoms. The molecule has 0 unspecified atom stereocenters. The van der Waals surface area contributed by atoms with Crippen molar-refractivity contribution in [3.8, 4) is 0 Å². The van der Waals surface area contributed by atoms with Crippen molar-refractivity contribution in [1.82, 2.24) is 9.62 Å². The Morgan fingerprint density at radius 1 is 0.968 bits per heavy atom. The molecule has 1 saturated heterocycles. The summed E-state index contributed by atoms with van der Waals surface area (Å²) in [6.45, 7) is 2.95. The second-order valence-corrected chi connectivity index (χ2v) is 10.6. The van der Waals surface area contributed by atoms with E-state index < -0.39 is 26.0 Å². The van der Waals surface area contributed by atoms with Gasteiger partial charge in [0.1, 0.15) is 4.90 Å². The molecule has 12 heteroatoms. The fraction of sp³-hybridized carbons (Fsp3) is 0.316. The smallest absolute Gasteiger partial charge is 0.255 e. The van der Waals surface area contributed by atoms with Crippen molar-refractivity contribution in [2.75, 3.05) is 50.5 Å². The van der Waals surface area contributed by atoms with E-state index >= 15 is 0 Å². The Morgan fingerprint density at radius 2 is 1.58 bits per heavy atom. The average molecular weight is 468 g/mol. The number of carbonyl (C=O) groups is 1. The molecule has 0 bridgehead atoms. The van der Waals surface area contributed by atoms with Crippen molar-refractivity contribution in [3.63, 3.8) is 0 Å². The Hall–Kier alpha value is -2.51. The summed E-state index contributed by atoms with van der Waals surface area (Å²) >= 11 is 0. The first-order valence-electron chi connectivity index (χ1n) is 9.46. The van der Waals surface area contributed by atoms with Gasteiger partial charge in [0.25, 0.3) is 5.91 Å². The molecule has 1 heterocycles. The van der Waals surface area contributed by atoms with Crippen molar-refractivity contribution < 1.29 is 21.6 Å². The van der Waals surface area contributed by atoms with Crippen LogP contribution in [-0.2, 0) is 20.0 Å². The molecule has 1 fully saturated rings. The van der Waals surface area contributed by atoms with E-state index in [2.05, 4.69) is 14.9 Å². The highest BCUT2D eigenvalue weighted by Gasteiger charge is 2.25. The van der Waals surface area contributed by atoms with Gasteiger partial charge in [0.05, 0.1) is 10.6 Å². The molecule has 1 aliphatic heterocycles. The van der Waals surface area contributed by atoms with Gasteiger partial charge in [-0.15, -0.1) is 0 Å². The number of anilines is 2. The van der Waals surface area contributed by atoms with Crippen LogP contribution < -0.4 is 20.1 Å². The molecule has 0 saturated carbocycles. The number of nitrogens with two attached hydrogens (primary N) is 1. The fourth-order valence-electron chi connectivity index (χ4n) is 3.22. The van der Waals surface area contributed by atoms with Crippen LogP contribution in [0.15, 0.2) is 52.3 Å². The van der Waals surface area contributed by atoms with E-state index in [4.69, 9.17) is 5.14 Å². The summed E-state index contributed by atoms with van der Waals surface area (Å²) in [5.74, 6) is -0.527.